The van der Waals surface area contributed by atoms with Crippen LogP contribution in [0, 0.1) is 0 Å². The van der Waals surface area contributed by atoms with Crippen molar-refractivity contribution in [1.29, 1.82) is 0 Å². The minimum absolute atomic E-state index is 0.693. The molecule has 4 heteroatoms. The fraction of sp³-hybridized carbons (Fsp3) is 0.316. The number of carbonyl (C=O) groups excluding carboxylic acids is 1. The van der Waals surface area contributed by atoms with Crippen molar-refractivity contribution in [2.75, 3.05) is 42.5 Å². The van der Waals surface area contributed by atoms with E-state index in [1.54, 1.807) is 0 Å². The summed E-state index contributed by atoms with van der Waals surface area (Å²) >= 11 is 0. The lowest BCUT2D eigenvalue weighted by atomic mass is 10.1. The molecule has 120 valence electrons. The van der Waals surface area contributed by atoms with Gasteiger partial charge in [0.25, 0.3) is 0 Å². The predicted octanol–water partition coefficient (Wildman–Crippen LogP) is 2.30. The third-order valence-electron chi connectivity index (χ3n) is 4.34. The Hall–Kier alpha value is -2.49. The topological polar surface area (TPSA) is 35.6 Å². The maximum Gasteiger partial charge on any atom is 0.207 e. The van der Waals surface area contributed by atoms with E-state index in [1.807, 2.05) is 0 Å². The van der Waals surface area contributed by atoms with Crippen molar-refractivity contribution < 1.29 is 4.79 Å². The van der Waals surface area contributed by atoms with Crippen molar-refractivity contribution in [3.05, 3.63) is 60.2 Å². The van der Waals surface area contributed by atoms with Crippen LogP contribution in [0.3, 0.4) is 0 Å². The van der Waals surface area contributed by atoms with Crippen LogP contribution in [-0.2, 0) is 11.2 Å². The van der Waals surface area contributed by atoms with Gasteiger partial charge >= 0.3 is 0 Å². The highest BCUT2D eigenvalue weighted by Gasteiger charge is 2.17. The normalized spacial score (nSPS) is 14.6. The van der Waals surface area contributed by atoms with Crippen molar-refractivity contribution in [1.82, 2.24) is 5.32 Å². The van der Waals surface area contributed by atoms with Crippen LogP contribution in [0.4, 0.5) is 11.4 Å². The Bertz CT molecular complexity index is 604. The second kappa shape index (κ2) is 7.68. The monoisotopic (exact) mass is 309 g/mol. The zero-order valence-electron chi connectivity index (χ0n) is 13.3. The molecule has 2 aromatic rings. The molecular weight excluding hydrogens is 286 g/mol. The number of rotatable bonds is 6. The Labute approximate surface area is 137 Å². The van der Waals surface area contributed by atoms with Crippen LogP contribution in [-0.4, -0.2) is 39.1 Å². The summed E-state index contributed by atoms with van der Waals surface area (Å²) in [5.41, 5.74) is 3.85. The first-order chi connectivity index (χ1) is 11.4. The highest BCUT2D eigenvalue weighted by Crippen LogP contribution is 2.20. The van der Waals surface area contributed by atoms with Gasteiger partial charge in [0.1, 0.15) is 0 Å². The van der Waals surface area contributed by atoms with E-state index in [1.165, 1.54) is 16.9 Å². The third kappa shape index (κ3) is 4.03. The molecule has 0 unspecified atom stereocenters. The first-order valence-corrected chi connectivity index (χ1v) is 8.18. The summed E-state index contributed by atoms with van der Waals surface area (Å²) in [4.78, 5) is 15.1. The minimum atomic E-state index is 0.693. The second-order valence-electron chi connectivity index (χ2n) is 5.80. The van der Waals surface area contributed by atoms with Gasteiger partial charge in [-0.1, -0.05) is 30.3 Å². The van der Waals surface area contributed by atoms with Crippen molar-refractivity contribution >= 4 is 17.8 Å². The standard InChI is InChI=1S/C19H23N3O/c23-16-20-11-10-17-6-8-19(9-7-17)22-14-12-21(13-15-22)18-4-2-1-3-5-18/h1-9,16H,10-15H2,(H,20,23). The molecular formula is C19H23N3O. The number of piperazine rings is 1. The van der Waals surface area contributed by atoms with Crippen molar-refractivity contribution in [3.8, 4) is 0 Å². The highest BCUT2D eigenvalue weighted by molar-refractivity contribution is 5.52. The van der Waals surface area contributed by atoms with Gasteiger partial charge in [0.2, 0.25) is 6.41 Å². The number of nitrogens with one attached hydrogen (secondary N) is 1. The number of anilines is 2. The lowest BCUT2D eigenvalue weighted by Gasteiger charge is -2.37. The quantitative estimate of drug-likeness (QED) is 0.657. The average Bonchev–Trinajstić information content (AvgIpc) is 2.63. The molecule has 0 bridgehead atoms. The molecule has 0 saturated carbocycles. The summed E-state index contributed by atoms with van der Waals surface area (Å²) in [5, 5.41) is 2.70. The largest absolute Gasteiger partial charge is 0.368 e. The third-order valence-corrected chi connectivity index (χ3v) is 4.34. The van der Waals surface area contributed by atoms with E-state index in [2.05, 4.69) is 69.7 Å². The molecule has 1 fully saturated rings. The molecule has 0 spiro atoms. The van der Waals surface area contributed by atoms with E-state index >= 15 is 0 Å². The molecule has 0 aliphatic carbocycles. The van der Waals surface area contributed by atoms with E-state index in [9.17, 15) is 4.79 Å². The summed E-state index contributed by atoms with van der Waals surface area (Å²) < 4.78 is 0. The van der Waals surface area contributed by atoms with Gasteiger partial charge < -0.3 is 15.1 Å². The summed E-state index contributed by atoms with van der Waals surface area (Å²) in [5.74, 6) is 0. The van der Waals surface area contributed by atoms with Crippen molar-refractivity contribution in [2.45, 2.75) is 6.42 Å². The summed E-state index contributed by atoms with van der Waals surface area (Å²) in [7, 11) is 0. The molecule has 0 atom stereocenters. The van der Waals surface area contributed by atoms with E-state index in [0.717, 1.165) is 39.0 Å². The molecule has 0 radical (unpaired) electrons. The van der Waals surface area contributed by atoms with E-state index in [4.69, 9.17) is 0 Å². The number of nitrogens with zero attached hydrogens (tertiary/aromatic N) is 2. The van der Waals surface area contributed by atoms with Crippen LogP contribution >= 0.6 is 0 Å². The number of para-hydroxylation sites is 1. The fourth-order valence-electron chi connectivity index (χ4n) is 3.01. The van der Waals surface area contributed by atoms with Crippen molar-refractivity contribution in [2.24, 2.45) is 0 Å². The molecule has 1 aliphatic heterocycles. The SMILES string of the molecule is O=CNCCc1ccc(N2CCN(c3ccccc3)CC2)cc1. The van der Waals surface area contributed by atoms with Crippen LogP contribution in [0.15, 0.2) is 54.6 Å². The Kier molecular flexibility index (Phi) is 5.14. The lowest BCUT2D eigenvalue weighted by Crippen LogP contribution is -2.46. The van der Waals surface area contributed by atoms with Gasteiger partial charge in [0, 0.05) is 44.1 Å². The number of hydrogen-bond donors (Lipinski definition) is 1. The smallest absolute Gasteiger partial charge is 0.207 e. The Morgan fingerprint density at radius 3 is 1.96 bits per heavy atom. The molecule has 3 rings (SSSR count). The predicted molar refractivity (Wildman–Crippen MR) is 95.1 cm³/mol. The Balaban J connectivity index is 1.54. The van der Waals surface area contributed by atoms with E-state index < -0.39 is 0 Å². The summed E-state index contributed by atoms with van der Waals surface area (Å²) in [6.07, 6.45) is 1.63. The number of amides is 1. The van der Waals surface area contributed by atoms with Crippen LogP contribution in [0.5, 0.6) is 0 Å². The molecule has 1 saturated heterocycles. The van der Waals surface area contributed by atoms with E-state index in [0.29, 0.717) is 6.54 Å². The average molecular weight is 309 g/mol. The van der Waals surface area contributed by atoms with Crippen LogP contribution in [0.2, 0.25) is 0 Å². The van der Waals surface area contributed by atoms with Crippen LogP contribution in [0.25, 0.3) is 0 Å². The maximum atomic E-state index is 10.3. The van der Waals surface area contributed by atoms with Crippen LogP contribution in [0.1, 0.15) is 5.56 Å². The van der Waals surface area contributed by atoms with Gasteiger partial charge in [0.05, 0.1) is 0 Å². The van der Waals surface area contributed by atoms with Gasteiger partial charge in [0.15, 0.2) is 0 Å². The second-order valence-corrected chi connectivity index (χ2v) is 5.80. The molecule has 1 aliphatic rings. The Morgan fingerprint density at radius 2 is 1.39 bits per heavy atom. The molecule has 2 aromatic carbocycles. The molecule has 23 heavy (non-hydrogen) atoms. The van der Waals surface area contributed by atoms with Gasteiger partial charge in [-0.2, -0.15) is 0 Å². The van der Waals surface area contributed by atoms with Gasteiger partial charge in [-0.3, -0.25) is 4.79 Å². The number of carbonyl (C=O) groups is 1. The molecule has 1 amide bonds. The van der Waals surface area contributed by atoms with Crippen LogP contribution < -0.4 is 15.1 Å². The fourth-order valence-corrected chi connectivity index (χ4v) is 3.01. The van der Waals surface area contributed by atoms with Crippen molar-refractivity contribution in [3.63, 3.8) is 0 Å². The zero-order chi connectivity index (χ0) is 15.9. The zero-order valence-corrected chi connectivity index (χ0v) is 13.3. The van der Waals surface area contributed by atoms with E-state index in [-0.39, 0.29) is 0 Å². The molecule has 4 nitrogen and oxygen atoms in total. The number of benzene rings is 2. The van der Waals surface area contributed by atoms with Gasteiger partial charge in [-0.15, -0.1) is 0 Å². The number of hydrogen-bond acceptors (Lipinski definition) is 3. The summed E-state index contributed by atoms with van der Waals surface area (Å²) in [6, 6.07) is 19.3. The minimum Gasteiger partial charge on any atom is -0.368 e. The highest BCUT2D eigenvalue weighted by atomic mass is 16.1. The molecule has 1 N–H and O–H groups in total. The summed E-state index contributed by atoms with van der Waals surface area (Å²) in [6.45, 7) is 4.88. The Morgan fingerprint density at radius 1 is 0.826 bits per heavy atom. The van der Waals surface area contributed by atoms with Gasteiger partial charge in [-0.25, -0.2) is 0 Å². The molecule has 0 aromatic heterocycles. The molecule has 1 heterocycles. The first-order valence-electron chi connectivity index (χ1n) is 8.18. The van der Waals surface area contributed by atoms with Gasteiger partial charge in [-0.05, 0) is 36.2 Å². The lowest BCUT2D eigenvalue weighted by molar-refractivity contribution is -0.109. The maximum absolute atomic E-state index is 10.3. The first kappa shape index (κ1) is 15.4.